The van der Waals surface area contributed by atoms with Crippen LogP contribution in [0.1, 0.15) is 64.7 Å². The molecule has 2 bridgehead atoms. The van der Waals surface area contributed by atoms with Crippen LogP contribution in [0, 0.1) is 17.8 Å². The third-order valence-corrected chi connectivity index (χ3v) is 6.26. The summed E-state index contributed by atoms with van der Waals surface area (Å²) in [4.78, 5) is 15.4. The van der Waals surface area contributed by atoms with Crippen LogP contribution in [-0.2, 0) is 4.79 Å². The number of carbonyl (C=O) groups excluding carboxylic acids is 1. The highest BCUT2D eigenvalue weighted by Gasteiger charge is 2.42. The van der Waals surface area contributed by atoms with E-state index < -0.39 is 0 Å². The molecule has 2 nitrogen and oxygen atoms in total. The molecule has 1 saturated carbocycles. The lowest BCUT2D eigenvalue weighted by Gasteiger charge is -2.38. The normalized spacial score (nSPS) is 43.4. The molecule has 3 fully saturated rings. The molecular weight excluding hydrogens is 234 g/mol. The Morgan fingerprint density at radius 3 is 2.32 bits per heavy atom. The van der Waals surface area contributed by atoms with Gasteiger partial charge in [-0.25, -0.2) is 0 Å². The highest BCUT2D eigenvalue weighted by atomic mass is 16.1. The second kappa shape index (κ2) is 5.55. The van der Waals surface area contributed by atoms with Crippen LogP contribution < -0.4 is 0 Å². The van der Waals surface area contributed by atoms with E-state index in [1.165, 1.54) is 44.9 Å². The molecule has 2 aliphatic heterocycles. The molecule has 3 aliphatic rings. The van der Waals surface area contributed by atoms with Gasteiger partial charge in [0.15, 0.2) is 0 Å². The Balaban J connectivity index is 1.61. The fourth-order valence-electron chi connectivity index (χ4n) is 4.90. The van der Waals surface area contributed by atoms with Crippen molar-refractivity contribution in [3.8, 4) is 0 Å². The summed E-state index contributed by atoms with van der Waals surface area (Å²) in [5.41, 5.74) is 0. The van der Waals surface area contributed by atoms with Gasteiger partial charge in [-0.05, 0) is 51.5 Å². The van der Waals surface area contributed by atoms with Gasteiger partial charge < -0.3 is 4.90 Å². The Morgan fingerprint density at radius 1 is 1.00 bits per heavy atom. The van der Waals surface area contributed by atoms with E-state index in [4.69, 9.17) is 0 Å². The van der Waals surface area contributed by atoms with Crippen LogP contribution in [0.2, 0.25) is 0 Å². The molecule has 108 valence electrons. The van der Waals surface area contributed by atoms with E-state index in [1.54, 1.807) is 0 Å². The number of Topliss-reactive ketones (excluding diaryl/α,β-unsaturated/α-hetero) is 1. The molecule has 0 radical (unpaired) electrons. The first-order valence-electron chi connectivity index (χ1n) is 8.44. The molecule has 0 amide bonds. The Morgan fingerprint density at radius 2 is 1.68 bits per heavy atom. The Bertz CT molecular complexity index is 326. The van der Waals surface area contributed by atoms with Crippen LogP contribution in [0.4, 0.5) is 0 Å². The first kappa shape index (κ1) is 13.6. The minimum atomic E-state index is 0.398. The highest BCUT2D eigenvalue weighted by Crippen LogP contribution is 2.41. The summed E-state index contributed by atoms with van der Waals surface area (Å²) in [7, 11) is 2.26. The standard InChI is InChI=1S/C17H29NO/c1-3-12-5-4-6-13(9-12)17(19)14-10-15-7-8-16(11-14)18(15)2/h12-16H,3-11H2,1-2H3. The molecule has 4 atom stereocenters. The van der Waals surface area contributed by atoms with Crippen molar-refractivity contribution >= 4 is 5.78 Å². The van der Waals surface area contributed by atoms with Crippen molar-refractivity contribution in [1.82, 2.24) is 4.90 Å². The van der Waals surface area contributed by atoms with Crippen LogP contribution in [0.3, 0.4) is 0 Å². The van der Waals surface area contributed by atoms with E-state index in [0.717, 1.165) is 18.8 Å². The van der Waals surface area contributed by atoms with Gasteiger partial charge in [-0.2, -0.15) is 0 Å². The minimum absolute atomic E-state index is 0.398. The smallest absolute Gasteiger partial charge is 0.139 e. The number of piperidine rings is 1. The maximum Gasteiger partial charge on any atom is 0.139 e. The molecule has 1 aliphatic carbocycles. The molecule has 19 heavy (non-hydrogen) atoms. The summed E-state index contributed by atoms with van der Waals surface area (Å²) < 4.78 is 0. The largest absolute Gasteiger partial charge is 0.300 e. The number of nitrogens with zero attached hydrogens (tertiary/aromatic N) is 1. The Kier molecular flexibility index (Phi) is 3.98. The van der Waals surface area contributed by atoms with Gasteiger partial charge >= 0.3 is 0 Å². The van der Waals surface area contributed by atoms with Crippen molar-refractivity contribution in [2.75, 3.05) is 7.05 Å². The van der Waals surface area contributed by atoms with Crippen molar-refractivity contribution in [1.29, 1.82) is 0 Å². The van der Waals surface area contributed by atoms with Crippen LogP contribution in [0.25, 0.3) is 0 Å². The number of fused-ring (bicyclic) bond motifs is 2. The first-order chi connectivity index (χ1) is 9.19. The molecule has 2 heteroatoms. The van der Waals surface area contributed by atoms with Crippen molar-refractivity contribution < 1.29 is 4.79 Å². The monoisotopic (exact) mass is 263 g/mol. The molecule has 2 heterocycles. The average Bonchev–Trinajstić information content (AvgIpc) is 2.68. The van der Waals surface area contributed by atoms with Crippen molar-refractivity contribution in [3.63, 3.8) is 0 Å². The van der Waals surface area contributed by atoms with E-state index in [0.29, 0.717) is 29.7 Å². The van der Waals surface area contributed by atoms with E-state index in [1.807, 2.05) is 0 Å². The number of rotatable bonds is 3. The van der Waals surface area contributed by atoms with Crippen molar-refractivity contribution in [2.45, 2.75) is 76.8 Å². The lowest BCUT2D eigenvalue weighted by Crippen LogP contribution is -2.43. The SMILES string of the molecule is CCC1CCCC(C(=O)C2CC3CCC(C2)N3C)C1. The number of ketones is 1. The quantitative estimate of drug-likeness (QED) is 0.774. The van der Waals surface area contributed by atoms with Gasteiger partial charge in [0.05, 0.1) is 0 Å². The van der Waals surface area contributed by atoms with Crippen LogP contribution >= 0.6 is 0 Å². The highest BCUT2D eigenvalue weighted by molar-refractivity contribution is 5.83. The number of hydrogen-bond acceptors (Lipinski definition) is 2. The average molecular weight is 263 g/mol. The maximum absolute atomic E-state index is 12.8. The first-order valence-corrected chi connectivity index (χ1v) is 8.44. The van der Waals surface area contributed by atoms with E-state index in [-0.39, 0.29) is 0 Å². The van der Waals surface area contributed by atoms with Gasteiger partial charge in [0, 0.05) is 23.9 Å². The van der Waals surface area contributed by atoms with Crippen LogP contribution in [0.5, 0.6) is 0 Å². The van der Waals surface area contributed by atoms with Crippen molar-refractivity contribution in [2.24, 2.45) is 17.8 Å². The van der Waals surface area contributed by atoms with Gasteiger partial charge in [0.25, 0.3) is 0 Å². The van der Waals surface area contributed by atoms with Gasteiger partial charge in [-0.3, -0.25) is 4.79 Å². The molecule has 4 unspecified atom stereocenters. The van der Waals surface area contributed by atoms with E-state index in [2.05, 4.69) is 18.9 Å². The summed E-state index contributed by atoms with van der Waals surface area (Å²) in [5, 5.41) is 0. The van der Waals surface area contributed by atoms with E-state index in [9.17, 15) is 4.79 Å². The lowest BCUT2D eigenvalue weighted by atomic mass is 9.73. The fraction of sp³-hybridized carbons (Fsp3) is 0.941. The minimum Gasteiger partial charge on any atom is -0.300 e. The predicted molar refractivity (Wildman–Crippen MR) is 78.0 cm³/mol. The zero-order valence-electron chi connectivity index (χ0n) is 12.6. The second-order valence-corrected chi connectivity index (χ2v) is 7.26. The van der Waals surface area contributed by atoms with E-state index >= 15 is 0 Å². The van der Waals surface area contributed by atoms with Crippen molar-refractivity contribution in [3.05, 3.63) is 0 Å². The molecule has 0 N–H and O–H groups in total. The zero-order valence-corrected chi connectivity index (χ0v) is 12.6. The summed E-state index contributed by atoms with van der Waals surface area (Å²) in [6.45, 7) is 2.29. The molecule has 0 aromatic heterocycles. The summed E-state index contributed by atoms with van der Waals surface area (Å²) in [6, 6.07) is 1.41. The third-order valence-electron chi connectivity index (χ3n) is 6.26. The second-order valence-electron chi connectivity index (χ2n) is 7.26. The molecule has 3 rings (SSSR count). The molecular formula is C17H29NO. The topological polar surface area (TPSA) is 20.3 Å². The lowest BCUT2D eigenvalue weighted by molar-refractivity contribution is -0.130. The third kappa shape index (κ3) is 2.61. The molecule has 0 aromatic carbocycles. The van der Waals surface area contributed by atoms with Crippen LogP contribution in [0.15, 0.2) is 0 Å². The fourth-order valence-corrected chi connectivity index (χ4v) is 4.90. The predicted octanol–water partition coefficient (Wildman–Crippen LogP) is 3.64. The van der Waals surface area contributed by atoms with Gasteiger partial charge in [-0.15, -0.1) is 0 Å². The molecule has 0 spiro atoms. The van der Waals surface area contributed by atoms with Gasteiger partial charge in [-0.1, -0.05) is 26.2 Å². The Hall–Kier alpha value is -0.370. The molecule has 2 saturated heterocycles. The summed E-state index contributed by atoms with van der Waals surface area (Å²) >= 11 is 0. The Labute approximate surface area is 117 Å². The molecule has 0 aromatic rings. The van der Waals surface area contributed by atoms with Gasteiger partial charge in [0.2, 0.25) is 0 Å². The zero-order chi connectivity index (χ0) is 13.4. The van der Waals surface area contributed by atoms with Gasteiger partial charge in [0.1, 0.15) is 5.78 Å². The number of carbonyl (C=O) groups is 1. The van der Waals surface area contributed by atoms with Crippen LogP contribution in [-0.4, -0.2) is 29.8 Å². The number of hydrogen-bond donors (Lipinski definition) is 0. The summed E-state index contributed by atoms with van der Waals surface area (Å²) in [5.74, 6) is 2.27. The maximum atomic E-state index is 12.8. The summed E-state index contributed by atoms with van der Waals surface area (Å²) in [6.07, 6.45) is 11.2.